The Morgan fingerprint density at radius 3 is 1.64 bits per heavy atom. The van der Waals surface area contributed by atoms with Gasteiger partial charge in [-0.2, -0.15) is 5.26 Å². The van der Waals surface area contributed by atoms with Crippen LogP contribution in [0.15, 0.2) is 89.8 Å². The van der Waals surface area contributed by atoms with Gasteiger partial charge in [0.05, 0.1) is 11.6 Å². The quantitative estimate of drug-likeness (QED) is 0.0482. The maximum atomic E-state index is 13.6. The van der Waals surface area contributed by atoms with E-state index in [-0.39, 0.29) is 11.5 Å². The first-order valence-electron chi connectivity index (χ1n) is 11.7. The summed E-state index contributed by atoms with van der Waals surface area (Å²) >= 11 is 0. The molecule has 13 heteroatoms. The van der Waals surface area contributed by atoms with Crippen LogP contribution in [-0.2, 0) is 14.1 Å². The first-order valence-corrected chi connectivity index (χ1v) is 13.4. The van der Waals surface area contributed by atoms with Crippen molar-refractivity contribution in [2.75, 3.05) is 5.75 Å². The van der Waals surface area contributed by atoms with Crippen molar-refractivity contribution < 1.29 is 43.9 Å². The summed E-state index contributed by atoms with van der Waals surface area (Å²) in [4.78, 5) is 13.3. The van der Waals surface area contributed by atoms with Crippen molar-refractivity contribution in [3.05, 3.63) is 131 Å². The molecule has 3 nitrogen and oxygen atoms in total. The van der Waals surface area contributed by atoms with E-state index in [1.54, 1.807) is 48.5 Å². The van der Waals surface area contributed by atoms with E-state index in [1.807, 2.05) is 42.5 Å². The molecule has 0 saturated carbocycles. The summed E-state index contributed by atoms with van der Waals surface area (Å²) < 4.78 is 111. The minimum atomic E-state index is -6.30. The van der Waals surface area contributed by atoms with E-state index in [9.17, 15) is 43.9 Å². The predicted molar refractivity (Wildman–Crippen MR) is 141 cm³/mol. The van der Waals surface area contributed by atoms with E-state index in [2.05, 4.69) is 11.2 Å². The van der Waals surface area contributed by atoms with Crippen molar-refractivity contribution in [3.63, 3.8) is 0 Å². The molecular formula is C29H16BF8NO2S. The van der Waals surface area contributed by atoms with Gasteiger partial charge >= 0.3 is 6.98 Å². The minimum Gasteiger partial charge on any atom is -0.445 e. The molecule has 1 atom stereocenters. The van der Waals surface area contributed by atoms with Crippen molar-refractivity contribution in [1.82, 2.24) is 0 Å². The molecule has 0 spiro atoms. The first kappa shape index (κ1) is 31.8. The topological polar surface area (TPSA) is 57.9 Å². The predicted octanol–water partition coefficient (Wildman–Crippen LogP) is 6.75. The second-order valence-corrected chi connectivity index (χ2v) is 10.7. The molecule has 0 aromatic heterocycles. The number of carbonyl (C=O) groups excluding carboxylic acids is 1. The van der Waals surface area contributed by atoms with Crippen LogP contribution in [0, 0.1) is 51.6 Å². The van der Waals surface area contributed by atoms with Crippen molar-refractivity contribution in [3.8, 4) is 17.2 Å². The molecule has 4 aromatic carbocycles. The highest BCUT2D eigenvalue weighted by molar-refractivity contribution is 8.07. The smallest absolute Gasteiger partial charge is 0.445 e. The first-order chi connectivity index (χ1) is 19.8. The standard InChI is InChI=1S/C23H16NO2S.C6BF8/c24-17-20-11-13-21(14-12-20)23(25)18-27(26,22-9-5-2-6-10-22)16-15-19-7-3-1-4-8-19;8-2-1(7(13,14)15)3(9)5(11)6(12)4(2)10/h1-14H,18H2;/q+1;-1. The van der Waals surface area contributed by atoms with Crippen molar-refractivity contribution in [2.24, 2.45) is 0 Å². The van der Waals surface area contributed by atoms with Crippen LogP contribution < -0.4 is 5.46 Å². The molecule has 0 heterocycles. The summed E-state index contributed by atoms with van der Waals surface area (Å²) in [7, 11) is -2.90. The molecule has 0 aliphatic heterocycles. The number of carbonyl (C=O) groups is 1. The molecule has 0 bridgehead atoms. The number of Topliss-reactive ketones (excluding diaryl/α,β-unsaturated/α-hetero) is 1. The van der Waals surface area contributed by atoms with Gasteiger partial charge in [-0.3, -0.25) is 4.79 Å². The van der Waals surface area contributed by atoms with E-state index < -0.39 is 51.5 Å². The summed E-state index contributed by atoms with van der Waals surface area (Å²) in [6.07, 6.45) is 0. The fourth-order valence-corrected chi connectivity index (χ4v) is 5.16. The van der Waals surface area contributed by atoms with Crippen LogP contribution in [0.5, 0.6) is 0 Å². The van der Waals surface area contributed by atoms with Crippen LogP contribution in [0.1, 0.15) is 21.5 Å². The Morgan fingerprint density at radius 1 is 0.690 bits per heavy atom. The Kier molecular flexibility index (Phi) is 10.0. The maximum Gasteiger partial charge on any atom is 0.515 e. The lowest BCUT2D eigenvalue weighted by Crippen LogP contribution is -2.41. The summed E-state index contributed by atoms with van der Waals surface area (Å²) in [5.41, 5.74) is -1.10. The molecule has 0 saturated heterocycles. The Morgan fingerprint density at radius 2 is 1.17 bits per heavy atom. The Labute approximate surface area is 235 Å². The van der Waals surface area contributed by atoms with Gasteiger partial charge in [0.15, 0.2) is 33.4 Å². The van der Waals surface area contributed by atoms with Crippen LogP contribution in [0.2, 0.25) is 0 Å². The number of halogens is 8. The van der Waals surface area contributed by atoms with Gasteiger partial charge in [-0.25, -0.2) is 22.0 Å². The molecule has 0 radical (unpaired) electrons. The van der Waals surface area contributed by atoms with Gasteiger partial charge in [0.25, 0.3) is 0 Å². The Bertz CT molecular complexity index is 1720. The number of ketones is 1. The van der Waals surface area contributed by atoms with E-state index in [1.165, 1.54) is 0 Å². The number of benzene rings is 4. The lowest BCUT2D eigenvalue weighted by molar-refractivity contribution is 0.102. The molecule has 4 rings (SSSR count). The molecular weight excluding hydrogens is 589 g/mol. The van der Waals surface area contributed by atoms with Gasteiger partial charge in [-0.15, -0.1) is 0 Å². The second kappa shape index (κ2) is 13.3. The molecule has 214 valence electrons. The third kappa shape index (κ3) is 7.50. The molecule has 0 fully saturated rings. The number of hydrogen-bond donors (Lipinski definition) is 0. The van der Waals surface area contributed by atoms with Crippen LogP contribution >= 0.6 is 0 Å². The van der Waals surface area contributed by atoms with Gasteiger partial charge in [0.1, 0.15) is 11.6 Å². The zero-order valence-electron chi connectivity index (χ0n) is 21.1. The molecule has 4 aromatic rings. The zero-order chi connectivity index (χ0) is 31.1. The highest BCUT2D eigenvalue weighted by Crippen LogP contribution is 2.22. The number of rotatable bonds is 5. The van der Waals surface area contributed by atoms with E-state index in [4.69, 9.17) is 5.26 Å². The van der Waals surface area contributed by atoms with Gasteiger partial charge < -0.3 is 12.9 Å². The molecule has 1 unspecified atom stereocenters. The molecule has 0 aliphatic rings. The SMILES string of the molecule is Fc1c(F)c(F)c([B-](F)(F)F)c(F)c1F.N#Cc1ccc(C(=O)C[S+](=O)(C#Cc2ccccc2)c2ccccc2)cc1. The van der Waals surface area contributed by atoms with Crippen LogP contribution in [0.4, 0.5) is 34.9 Å². The van der Waals surface area contributed by atoms with Crippen LogP contribution in [0.3, 0.4) is 0 Å². The van der Waals surface area contributed by atoms with E-state index >= 15 is 0 Å². The van der Waals surface area contributed by atoms with Gasteiger partial charge in [0, 0.05) is 11.1 Å². The second-order valence-electron chi connectivity index (χ2n) is 8.40. The number of nitrogens with zero attached hydrogens (tertiary/aromatic N) is 1. The fraction of sp³-hybridized carbons (Fsp3) is 0.0345. The molecule has 0 amide bonds. The highest BCUT2D eigenvalue weighted by atomic mass is 32.2. The molecule has 42 heavy (non-hydrogen) atoms. The molecule has 0 aliphatic carbocycles. The number of hydrogen-bond acceptors (Lipinski definition) is 3. The largest absolute Gasteiger partial charge is 0.515 e. The van der Waals surface area contributed by atoms with Gasteiger partial charge in [-0.05, 0) is 59.9 Å². The average molecular weight is 605 g/mol. The zero-order valence-corrected chi connectivity index (χ0v) is 21.9. The van der Waals surface area contributed by atoms with Crippen LogP contribution in [0.25, 0.3) is 0 Å². The monoisotopic (exact) mass is 605 g/mol. The summed E-state index contributed by atoms with van der Waals surface area (Å²) in [5, 5.41) is 11.7. The van der Waals surface area contributed by atoms with Gasteiger partial charge in [-0.1, -0.05) is 40.6 Å². The Balaban J connectivity index is 0.000000274. The lowest BCUT2D eigenvalue weighted by atomic mass is 9.79. The maximum absolute atomic E-state index is 13.6. The third-order valence-corrected chi connectivity index (χ3v) is 7.63. The van der Waals surface area contributed by atoms with E-state index in [0.717, 1.165) is 5.56 Å². The lowest BCUT2D eigenvalue weighted by Gasteiger charge is -2.17. The average Bonchev–Trinajstić information content (AvgIpc) is 2.99. The number of nitriles is 1. The van der Waals surface area contributed by atoms with Crippen LogP contribution in [-0.4, -0.2) is 18.5 Å². The fourth-order valence-electron chi connectivity index (χ4n) is 3.39. The van der Waals surface area contributed by atoms with Gasteiger partial charge in [0.2, 0.25) is 15.7 Å². The summed E-state index contributed by atoms with van der Waals surface area (Å²) in [6, 6.07) is 26.4. The van der Waals surface area contributed by atoms with Crippen molar-refractivity contribution in [1.29, 1.82) is 5.26 Å². The summed E-state index contributed by atoms with van der Waals surface area (Å²) in [6.45, 7) is -6.30. The highest BCUT2D eigenvalue weighted by Gasteiger charge is 2.38. The normalized spacial score (nSPS) is 12.1. The van der Waals surface area contributed by atoms with Crippen molar-refractivity contribution >= 4 is 28.2 Å². The third-order valence-electron chi connectivity index (χ3n) is 5.50. The molecule has 0 N–H and O–H groups in total. The van der Waals surface area contributed by atoms with Crippen molar-refractivity contribution in [2.45, 2.75) is 4.90 Å². The van der Waals surface area contributed by atoms with E-state index in [0.29, 0.717) is 16.0 Å². The Hall–Kier alpha value is -4.75. The minimum absolute atomic E-state index is 0.206. The summed E-state index contributed by atoms with van der Waals surface area (Å²) in [5.74, 6) is -11.1.